The summed E-state index contributed by atoms with van der Waals surface area (Å²) < 4.78 is 12.3. The molecule has 7 heteroatoms. The Morgan fingerprint density at radius 1 is 1.00 bits per heavy atom. The predicted octanol–water partition coefficient (Wildman–Crippen LogP) is 4.55. The summed E-state index contributed by atoms with van der Waals surface area (Å²) in [6.45, 7) is 15.8. The molecular formula is C19H28BCl2NO3. The quantitative estimate of drug-likeness (QED) is 0.697. The van der Waals surface area contributed by atoms with E-state index in [1.807, 2.05) is 55.4 Å². The van der Waals surface area contributed by atoms with Crippen molar-refractivity contribution in [3.8, 4) is 0 Å². The van der Waals surface area contributed by atoms with E-state index in [1.54, 1.807) is 17.0 Å². The number of hydrogen-bond donors (Lipinski definition) is 0. The van der Waals surface area contributed by atoms with E-state index in [9.17, 15) is 4.79 Å². The molecule has 0 aliphatic carbocycles. The molecule has 2 rings (SSSR count). The van der Waals surface area contributed by atoms with Crippen molar-refractivity contribution in [2.24, 2.45) is 0 Å². The molecule has 1 heterocycles. The van der Waals surface area contributed by atoms with E-state index in [0.29, 0.717) is 21.1 Å². The molecule has 0 saturated carbocycles. The monoisotopic (exact) mass is 399 g/mol. The molecule has 1 fully saturated rings. The summed E-state index contributed by atoms with van der Waals surface area (Å²) in [6.07, 6.45) is 0. The molecule has 1 aliphatic rings. The van der Waals surface area contributed by atoms with Crippen LogP contribution in [0.5, 0.6) is 0 Å². The topological polar surface area (TPSA) is 38.8 Å². The van der Waals surface area contributed by atoms with Crippen molar-refractivity contribution in [3.63, 3.8) is 0 Å². The second kappa shape index (κ2) is 7.35. The summed E-state index contributed by atoms with van der Waals surface area (Å²) in [4.78, 5) is 15.1. The van der Waals surface area contributed by atoms with Crippen molar-refractivity contribution in [2.45, 2.75) is 78.7 Å². The summed E-state index contributed by atoms with van der Waals surface area (Å²) in [5, 5.41) is 0.776. The van der Waals surface area contributed by atoms with Gasteiger partial charge in [-0.15, -0.1) is 0 Å². The van der Waals surface area contributed by atoms with Gasteiger partial charge in [0.25, 0.3) is 5.91 Å². The third-order valence-corrected chi connectivity index (χ3v) is 5.69. The van der Waals surface area contributed by atoms with Gasteiger partial charge in [0.1, 0.15) is 0 Å². The highest BCUT2D eigenvalue weighted by molar-refractivity contribution is 6.67. The highest BCUT2D eigenvalue weighted by Crippen LogP contribution is 2.37. The lowest BCUT2D eigenvalue weighted by atomic mass is 9.75. The van der Waals surface area contributed by atoms with Crippen molar-refractivity contribution >= 4 is 41.7 Å². The number of amides is 1. The van der Waals surface area contributed by atoms with Crippen LogP contribution in [0, 0.1) is 0 Å². The molecule has 0 bridgehead atoms. The third kappa shape index (κ3) is 3.91. The van der Waals surface area contributed by atoms with E-state index in [0.717, 1.165) is 0 Å². The molecule has 1 aliphatic heterocycles. The lowest BCUT2D eigenvalue weighted by Gasteiger charge is -2.32. The van der Waals surface area contributed by atoms with Crippen LogP contribution in [-0.4, -0.2) is 41.2 Å². The third-order valence-electron chi connectivity index (χ3n) is 5.16. The van der Waals surface area contributed by atoms with Crippen LogP contribution in [0.3, 0.4) is 0 Å². The fourth-order valence-electron chi connectivity index (χ4n) is 3.17. The molecule has 0 aromatic heterocycles. The maximum absolute atomic E-state index is 13.3. The molecule has 1 amide bonds. The van der Waals surface area contributed by atoms with Crippen molar-refractivity contribution in [3.05, 3.63) is 27.7 Å². The number of hydrogen-bond acceptors (Lipinski definition) is 3. The average Bonchev–Trinajstić information content (AvgIpc) is 2.64. The molecule has 0 unspecified atom stereocenters. The molecule has 4 nitrogen and oxygen atoms in total. The first-order valence-electron chi connectivity index (χ1n) is 8.95. The lowest BCUT2D eigenvalue weighted by molar-refractivity contribution is 0.00578. The van der Waals surface area contributed by atoms with Crippen molar-refractivity contribution in [1.82, 2.24) is 4.90 Å². The van der Waals surface area contributed by atoms with E-state index in [4.69, 9.17) is 32.5 Å². The maximum Gasteiger partial charge on any atom is 0.497 e. The summed E-state index contributed by atoms with van der Waals surface area (Å²) in [5.74, 6) is -0.135. The Bertz CT molecular complexity index is 680. The van der Waals surface area contributed by atoms with Crippen LogP contribution >= 0.6 is 23.2 Å². The molecule has 1 aromatic carbocycles. The molecule has 26 heavy (non-hydrogen) atoms. The Kier molecular flexibility index (Phi) is 6.09. The highest BCUT2D eigenvalue weighted by Gasteiger charge is 2.53. The van der Waals surface area contributed by atoms with Crippen molar-refractivity contribution in [1.29, 1.82) is 0 Å². The first kappa shape index (κ1) is 21.6. The molecule has 0 radical (unpaired) electrons. The van der Waals surface area contributed by atoms with E-state index >= 15 is 0 Å². The Morgan fingerprint density at radius 3 is 1.88 bits per heavy atom. The molecule has 0 N–H and O–H groups in total. The Morgan fingerprint density at radius 2 is 1.46 bits per heavy atom. The normalized spacial score (nSPS) is 18.7. The number of carbonyl (C=O) groups is 1. The summed E-state index contributed by atoms with van der Waals surface area (Å²) in [7, 11) is -0.732. The average molecular weight is 400 g/mol. The van der Waals surface area contributed by atoms with Crippen LogP contribution in [0.4, 0.5) is 0 Å². The van der Waals surface area contributed by atoms with Gasteiger partial charge < -0.3 is 14.2 Å². The summed E-state index contributed by atoms with van der Waals surface area (Å²) in [5.41, 5.74) is -0.109. The van der Waals surface area contributed by atoms with Gasteiger partial charge in [0.15, 0.2) is 0 Å². The summed E-state index contributed by atoms with van der Waals surface area (Å²) >= 11 is 12.7. The minimum Gasteiger partial charge on any atom is -0.399 e. The maximum atomic E-state index is 13.3. The molecule has 0 atom stereocenters. The second-order valence-corrected chi connectivity index (χ2v) is 9.18. The Labute approximate surface area is 167 Å². The van der Waals surface area contributed by atoms with Gasteiger partial charge in [0.05, 0.1) is 11.2 Å². The van der Waals surface area contributed by atoms with Gasteiger partial charge in [0, 0.05) is 33.2 Å². The molecule has 1 saturated heterocycles. The zero-order chi connectivity index (χ0) is 20.0. The van der Waals surface area contributed by atoms with E-state index in [2.05, 4.69) is 0 Å². The number of benzene rings is 1. The number of carbonyl (C=O) groups excluding carboxylic acids is 1. The van der Waals surface area contributed by atoms with Gasteiger partial charge in [-0.25, -0.2) is 0 Å². The number of halogens is 2. The second-order valence-electron chi connectivity index (χ2n) is 8.34. The highest BCUT2D eigenvalue weighted by atomic mass is 35.5. The van der Waals surface area contributed by atoms with E-state index in [-0.39, 0.29) is 18.0 Å². The number of rotatable bonds is 4. The predicted molar refractivity (Wildman–Crippen MR) is 109 cm³/mol. The van der Waals surface area contributed by atoms with Gasteiger partial charge in [-0.2, -0.15) is 0 Å². The minimum atomic E-state index is -0.732. The van der Waals surface area contributed by atoms with Gasteiger partial charge in [-0.1, -0.05) is 23.2 Å². The van der Waals surface area contributed by atoms with Crippen LogP contribution in [0.2, 0.25) is 10.0 Å². The zero-order valence-electron chi connectivity index (χ0n) is 16.8. The standard InChI is InChI=1S/C19H28BCl2NO3/c1-11(2)23(12(3)4)17(24)14-9-13(21)10-15(22)16(14)20-25-18(5,6)19(7,8)26-20/h9-12H,1-8H3. The van der Waals surface area contributed by atoms with Gasteiger partial charge in [-0.05, 0) is 67.5 Å². The molecule has 0 spiro atoms. The van der Waals surface area contributed by atoms with E-state index < -0.39 is 18.3 Å². The summed E-state index contributed by atoms with van der Waals surface area (Å²) in [6, 6.07) is 3.33. The lowest BCUT2D eigenvalue weighted by Crippen LogP contribution is -2.47. The van der Waals surface area contributed by atoms with E-state index in [1.165, 1.54) is 0 Å². The van der Waals surface area contributed by atoms with Gasteiger partial charge in [-0.3, -0.25) is 4.79 Å². The van der Waals surface area contributed by atoms with Crippen molar-refractivity contribution < 1.29 is 14.1 Å². The van der Waals surface area contributed by atoms with Gasteiger partial charge >= 0.3 is 7.12 Å². The van der Waals surface area contributed by atoms with Gasteiger partial charge in [0.2, 0.25) is 0 Å². The molecule has 144 valence electrons. The largest absolute Gasteiger partial charge is 0.497 e. The fraction of sp³-hybridized carbons (Fsp3) is 0.632. The first-order chi connectivity index (χ1) is 11.8. The minimum absolute atomic E-state index is 0.0337. The number of nitrogens with zero attached hydrogens (tertiary/aromatic N) is 1. The van der Waals surface area contributed by atoms with Crippen LogP contribution < -0.4 is 5.46 Å². The van der Waals surface area contributed by atoms with Crippen LogP contribution in [-0.2, 0) is 9.31 Å². The van der Waals surface area contributed by atoms with Crippen LogP contribution in [0.25, 0.3) is 0 Å². The molecular weight excluding hydrogens is 372 g/mol. The Hall–Kier alpha value is -0.745. The molecule has 1 aromatic rings. The fourth-order valence-corrected chi connectivity index (χ4v) is 3.75. The van der Waals surface area contributed by atoms with Crippen LogP contribution in [0.1, 0.15) is 65.7 Å². The smallest absolute Gasteiger partial charge is 0.399 e. The SMILES string of the molecule is CC(C)N(C(=O)c1cc(Cl)cc(Cl)c1B1OC(C)(C)C(C)(C)O1)C(C)C. The Balaban J connectivity index is 2.57. The van der Waals surface area contributed by atoms with Crippen molar-refractivity contribution in [2.75, 3.05) is 0 Å². The zero-order valence-corrected chi connectivity index (χ0v) is 18.3. The first-order valence-corrected chi connectivity index (χ1v) is 9.71. The van der Waals surface area contributed by atoms with Crippen LogP contribution in [0.15, 0.2) is 12.1 Å².